The predicted molar refractivity (Wildman–Crippen MR) is 23.0 cm³/mol. The molecule has 1 aliphatic rings. The monoisotopic (exact) mass is 132 g/mol. The molecule has 1 rings (SSSR count). The highest BCUT2D eigenvalue weighted by Crippen LogP contribution is 2.04. The molecule has 1 heterocycles. The van der Waals surface area contributed by atoms with Crippen molar-refractivity contribution in [1.29, 1.82) is 0 Å². The maximum absolute atomic E-state index is 10.4. The van der Waals surface area contributed by atoms with Crippen molar-refractivity contribution in [3.63, 3.8) is 0 Å². The van der Waals surface area contributed by atoms with Gasteiger partial charge in [-0.2, -0.15) is 4.89 Å². The maximum atomic E-state index is 10.4. The first-order valence-electron chi connectivity index (χ1n) is 2.24. The lowest BCUT2D eigenvalue weighted by Crippen LogP contribution is -2.19. The molecule has 0 aromatic heterocycles. The van der Waals surface area contributed by atoms with Gasteiger partial charge in [0.1, 0.15) is 6.61 Å². The number of carbonyl (C=O) groups is 2. The molecule has 0 saturated carbocycles. The number of hydrogen-bond donors (Lipinski definition) is 0. The summed E-state index contributed by atoms with van der Waals surface area (Å²) in [6.45, 7) is -0.0181. The summed E-state index contributed by atoms with van der Waals surface area (Å²) in [6.07, 6.45) is -1.15. The number of carbonyl (C=O) groups excluding carboxylic acids is 2. The summed E-state index contributed by atoms with van der Waals surface area (Å²) in [7, 11) is 0. The Kier molecular flexibility index (Phi) is 1.76. The van der Waals surface area contributed by atoms with Crippen molar-refractivity contribution >= 4 is 12.3 Å². The highest BCUT2D eigenvalue weighted by molar-refractivity contribution is 5.84. The third-order valence-electron chi connectivity index (χ3n) is 0.799. The van der Waals surface area contributed by atoms with Gasteiger partial charge in [-0.3, -0.25) is 9.59 Å². The SMILES string of the molecule is O=COC1OOCC1=O. The molecular weight excluding hydrogens is 128 g/mol. The average Bonchev–Trinajstić information content (AvgIpc) is 2.18. The highest BCUT2D eigenvalue weighted by atomic mass is 17.2. The van der Waals surface area contributed by atoms with Crippen molar-refractivity contribution in [3.05, 3.63) is 0 Å². The van der Waals surface area contributed by atoms with E-state index in [9.17, 15) is 9.59 Å². The standard InChI is InChI=1S/C4H4O5/c5-2-7-4-3(6)1-8-9-4/h2,4H,1H2. The smallest absolute Gasteiger partial charge is 0.295 e. The number of rotatable bonds is 2. The van der Waals surface area contributed by atoms with E-state index in [1.807, 2.05) is 0 Å². The summed E-state index contributed by atoms with van der Waals surface area (Å²) in [4.78, 5) is 28.4. The molecule has 0 aromatic rings. The Balaban J connectivity index is 2.39. The lowest BCUT2D eigenvalue weighted by atomic mass is 10.4. The minimum atomic E-state index is -1.15. The van der Waals surface area contributed by atoms with Gasteiger partial charge in [0.25, 0.3) is 12.8 Å². The second-order valence-corrected chi connectivity index (χ2v) is 1.39. The molecule has 0 radical (unpaired) electrons. The van der Waals surface area contributed by atoms with Crippen LogP contribution in [0.4, 0.5) is 0 Å². The van der Waals surface area contributed by atoms with E-state index in [2.05, 4.69) is 14.5 Å². The lowest BCUT2D eigenvalue weighted by molar-refractivity contribution is -0.315. The van der Waals surface area contributed by atoms with Gasteiger partial charge in [-0.05, 0) is 0 Å². The lowest BCUT2D eigenvalue weighted by Gasteiger charge is -1.98. The minimum absolute atomic E-state index is 0.136. The molecule has 1 unspecified atom stereocenters. The summed E-state index contributed by atoms with van der Waals surface area (Å²) >= 11 is 0. The Hall–Kier alpha value is -0.940. The van der Waals surface area contributed by atoms with Crippen LogP contribution in [0.15, 0.2) is 0 Å². The van der Waals surface area contributed by atoms with Gasteiger partial charge in [0.05, 0.1) is 0 Å². The van der Waals surface area contributed by atoms with Crippen LogP contribution >= 0.6 is 0 Å². The first kappa shape index (κ1) is 6.18. The van der Waals surface area contributed by atoms with Gasteiger partial charge in [0, 0.05) is 0 Å². The summed E-state index contributed by atoms with van der Waals surface area (Å²) in [5, 5.41) is 0. The topological polar surface area (TPSA) is 61.8 Å². The molecule has 0 amide bonds. The van der Waals surface area contributed by atoms with Crippen LogP contribution in [0.2, 0.25) is 0 Å². The van der Waals surface area contributed by atoms with Crippen LogP contribution < -0.4 is 0 Å². The van der Waals surface area contributed by atoms with Crippen molar-refractivity contribution in [2.45, 2.75) is 6.29 Å². The van der Waals surface area contributed by atoms with Gasteiger partial charge in [-0.15, -0.1) is 0 Å². The Morgan fingerprint density at radius 3 is 3.00 bits per heavy atom. The highest BCUT2D eigenvalue weighted by Gasteiger charge is 2.28. The zero-order valence-corrected chi connectivity index (χ0v) is 4.40. The van der Waals surface area contributed by atoms with E-state index in [0.29, 0.717) is 0 Å². The van der Waals surface area contributed by atoms with Crippen molar-refractivity contribution in [2.24, 2.45) is 0 Å². The number of ether oxygens (including phenoxy) is 1. The summed E-state index contributed by atoms with van der Waals surface area (Å²) in [6, 6.07) is 0. The Bertz CT molecular complexity index is 131. The fourth-order valence-electron chi connectivity index (χ4n) is 0.425. The molecule has 1 saturated heterocycles. The Labute approximate surface area is 50.4 Å². The normalized spacial score (nSPS) is 26.2. The van der Waals surface area contributed by atoms with E-state index in [-0.39, 0.29) is 18.9 Å². The van der Waals surface area contributed by atoms with Gasteiger partial charge >= 0.3 is 0 Å². The van der Waals surface area contributed by atoms with E-state index >= 15 is 0 Å². The van der Waals surface area contributed by atoms with Crippen LogP contribution in [0, 0.1) is 0 Å². The fourth-order valence-corrected chi connectivity index (χ4v) is 0.425. The predicted octanol–water partition coefficient (Wildman–Crippen LogP) is -0.984. The number of Topliss-reactive ketones (excluding diaryl/α,β-unsaturated/α-hetero) is 1. The van der Waals surface area contributed by atoms with Gasteiger partial charge in [0.15, 0.2) is 0 Å². The molecule has 9 heavy (non-hydrogen) atoms. The van der Waals surface area contributed by atoms with Crippen molar-refractivity contribution < 1.29 is 24.1 Å². The summed E-state index contributed by atoms with van der Waals surface area (Å²) in [5.74, 6) is -0.387. The minimum Gasteiger partial charge on any atom is -0.427 e. The number of ketones is 1. The van der Waals surface area contributed by atoms with Crippen molar-refractivity contribution in [2.75, 3.05) is 6.61 Å². The van der Waals surface area contributed by atoms with Crippen LogP contribution in [-0.4, -0.2) is 25.2 Å². The van der Waals surface area contributed by atoms with E-state index in [4.69, 9.17) is 0 Å². The van der Waals surface area contributed by atoms with Crippen LogP contribution in [0.3, 0.4) is 0 Å². The van der Waals surface area contributed by atoms with E-state index in [1.54, 1.807) is 0 Å². The largest absolute Gasteiger partial charge is 0.427 e. The van der Waals surface area contributed by atoms with E-state index < -0.39 is 6.29 Å². The number of hydrogen-bond acceptors (Lipinski definition) is 5. The van der Waals surface area contributed by atoms with Gasteiger partial charge in [0.2, 0.25) is 5.78 Å². The summed E-state index contributed by atoms with van der Waals surface area (Å²) in [5.41, 5.74) is 0. The molecule has 5 nitrogen and oxygen atoms in total. The Morgan fingerprint density at radius 2 is 2.56 bits per heavy atom. The van der Waals surface area contributed by atoms with Crippen LogP contribution in [0.5, 0.6) is 0 Å². The molecule has 0 spiro atoms. The molecule has 0 aliphatic carbocycles. The summed E-state index contributed by atoms with van der Waals surface area (Å²) < 4.78 is 4.14. The first-order valence-corrected chi connectivity index (χ1v) is 2.24. The van der Waals surface area contributed by atoms with Crippen LogP contribution in [-0.2, 0) is 24.1 Å². The second kappa shape index (κ2) is 2.56. The molecule has 50 valence electrons. The van der Waals surface area contributed by atoms with Crippen LogP contribution in [0.1, 0.15) is 0 Å². The third-order valence-corrected chi connectivity index (χ3v) is 0.799. The van der Waals surface area contributed by atoms with Crippen molar-refractivity contribution in [3.8, 4) is 0 Å². The molecule has 0 N–H and O–H groups in total. The molecule has 0 bridgehead atoms. The molecule has 1 fully saturated rings. The van der Waals surface area contributed by atoms with E-state index in [0.717, 1.165) is 0 Å². The van der Waals surface area contributed by atoms with Crippen molar-refractivity contribution in [1.82, 2.24) is 0 Å². The third kappa shape index (κ3) is 1.24. The zero-order chi connectivity index (χ0) is 6.69. The quantitative estimate of drug-likeness (QED) is 0.357. The molecule has 5 heteroatoms. The fraction of sp³-hybridized carbons (Fsp3) is 0.500. The van der Waals surface area contributed by atoms with Crippen LogP contribution in [0.25, 0.3) is 0 Å². The molecule has 1 atom stereocenters. The Morgan fingerprint density at radius 1 is 1.78 bits per heavy atom. The van der Waals surface area contributed by atoms with Gasteiger partial charge in [-0.25, -0.2) is 4.89 Å². The maximum Gasteiger partial charge on any atom is 0.295 e. The molecule has 0 aromatic carbocycles. The first-order chi connectivity index (χ1) is 4.34. The van der Waals surface area contributed by atoms with Gasteiger partial charge in [-0.1, -0.05) is 0 Å². The van der Waals surface area contributed by atoms with E-state index in [1.165, 1.54) is 0 Å². The molecular formula is C4H4O5. The zero-order valence-electron chi connectivity index (χ0n) is 4.40. The van der Waals surface area contributed by atoms with Gasteiger partial charge < -0.3 is 4.74 Å². The second-order valence-electron chi connectivity index (χ2n) is 1.39. The molecule has 1 aliphatic heterocycles. The average molecular weight is 132 g/mol.